The van der Waals surface area contributed by atoms with Crippen LogP contribution in [0.3, 0.4) is 0 Å². The van der Waals surface area contributed by atoms with Crippen molar-refractivity contribution in [3.63, 3.8) is 0 Å². The van der Waals surface area contributed by atoms with Crippen LogP contribution < -0.4 is 4.74 Å². The summed E-state index contributed by atoms with van der Waals surface area (Å²) in [7, 11) is 0. The molecule has 5 aromatic carbocycles. The van der Waals surface area contributed by atoms with Gasteiger partial charge in [0.05, 0.1) is 22.1 Å². The summed E-state index contributed by atoms with van der Waals surface area (Å²) < 4.78 is 13.2. The second kappa shape index (κ2) is 12.0. The van der Waals surface area contributed by atoms with E-state index in [4.69, 9.17) is 14.7 Å². The first kappa shape index (κ1) is 33.0. The summed E-state index contributed by atoms with van der Waals surface area (Å²) in [6.45, 7) is 13.4. The van der Waals surface area contributed by atoms with Crippen LogP contribution in [-0.4, -0.2) is 23.5 Å². The van der Waals surface area contributed by atoms with E-state index in [-0.39, 0.29) is 31.9 Å². The van der Waals surface area contributed by atoms with E-state index in [1.807, 2.05) is 30.5 Å². The van der Waals surface area contributed by atoms with E-state index in [0.717, 1.165) is 61.2 Å². The number of para-hydroxylation sites is 3. The molecule has 4 heterocycles. The standard InChI is InChI=1S/C44H37N5O.Pt/c1-43(2,3)28-18-21-38-40(24-28)49-37-17-10-8-15-35(37)46-42(49)47(38)30-12-11-13-31(26-30)50-32-19-20-34-33-14-7-9-16-36(33)48(39(34)27-32)41-25-29(22-23-45-41)44(4,5)6;/h7-25H,1-6H3;/q-2;+2. The molecule has 254 valence electrons. The molecule has 0 saturated carbocycles. The van der Waals surface area contributed by atoms with E-state index < -0.39 is 0 Å². The van der Waals surface area contributed by atoms with E-state index in [1.165, 1.54) is 11.1 Å². The average Bonchev–Trinajstić information content (AvgIpc) is 3.74. The van der Waals surface area contributed by atoms with Crippen molar-refractivity contribution < 1.29 is 25.8 Å². The van der Waals surface area contributed by atoms with Gasteiger partial charge in [-0.2, -0.15) is 12.1 Å². The first-order valence-corrected chi connectivity index (χ1v) is 17.1. The second-order valence-corrected chi connectivity index (χ2v) is 15.1. The van der Waals surface area contributed by atoms with Crippen LogP contribution in [0.25, 0.3) is 61.2 Å². The van der Waals surface area contributed by atoms with Crippen LogP contribution in [0.1, 0.15) is 52.7 Å². The molecule has 0 saturated heterocycles. The average molecular weight is 847 g/mol. The number of rotatable bonds is 4. The van der Waals surface area contributed by atoms with Gasteiger partial charge in [-0.1, -0.05) is 89.1 Å². The minimum atomic E-state index is -0.0100. The van der Waals surface area contributed by atoms with Crippen LogP contribution in [0.5, 0.6) is 11.5 Å². The van der Waals surface area contributed by atoms with Crippen LogP contribution in [0.15, 0.2) is 115 Å². The van der Waals surface area contributed by atoms with Gasteiger partial charge in [-0.05, 0) is 69.8 Å². The van der Waals surface area contributed by atoms with Gasteiger partial charge in [-0.15, -0.1) is 35.7 Å². The van der Waals surface area contributed by atoms with Crippen molar-refractivity contribution in [2.24, 2.45) is 0 Å². The molecular formula is C44H37N5OPt. The molecule has 9 aromatic rings. The summed E-state index contributed by atoms with van der Waals surface area (Å²) in [6, 6.07) is 45.0. The Morgan fingerprint density at radius 2 is 1.31 bits per heavy atom. The third-order valence-electron chi connectivity index (χ3n) is 9.68. The quantitative estimate of drug-likeness (QED) is 0.166. The molecule has 0 atom stereocenters. The van der Waals surface area contributed by atoms with Crippen LogP contribution in [0, 0.1) is 12.1 Å². The molecule has 0 N–H and O–H groups in total. The van der Waals surface area contributed by atoms with Gasteiger partial charge in [0.1, 0.15) is 5.82 Å². The Balaban J connectivity index is 0.00000374. The molecule has 0 spiro atoms. The molecule has 0 unspecified atom stereocenters. The summed E-state index contributed by atoms with van der Waals surface area (Å²) in [6.07, 6.45) is 1.89. The van der Waals surface area contributed by atoms with Crippen molar-refractivity contribution in [2.45, 2.75) is 52.4 Å². The summed E-state index contributed by atoms with van der Waals surface area (Å²) in [5.41, 5.74) is 9.52. The molecule has 7 heteroatoms. The molecule has 9 rings (SSSR count). The zero-order valence-corrected chi connectivity index (χ0v) is 31.7. The van der Waals surface area contributed by atoms with Gasteiger partial charge >= 0.3 is 21.1 Å². The normalized spacial score (nSPS) is 12.4. The Hall–Kier alpha value is -5.19. The van der Waals surface area contributed by atoms with Crippen molar-refractivity contribution in [1.29, 1.82) is 0 Å². The number of fused-ring (bicyclic) bond motifs is 8. The van der Waals surface area contributed by atoms with Gasteiger partial charge in [0.15, 0.2) is 0 Å². The number of benzene rings is 5. The minimum absolute atomic E-state index is 0. The van der Waals surface area contributed by atoms with Crippen LogP contribution in [0.2, 0.25) is 0 Å². The third-order valence-corrected chi connectivity index (χ3v) is 9.68. The number of hydrogen-bond donors (Lipinski definition) is 0. The van der Waals surface area contributed by atoms with Gasteiger partial charge in [-0.25, -0.2) is 9.97 Å². The monoisotopic (exact) mass is 846 g/mol. The fraction of sp³-hybridized carbons (Fsp3) is 0.182. The molecule has 0 aliphatic carbocycles. The topological polar surface area (TPSA) is 49.3 Å². The first-order chi connectivity index (χ1) is 24.0. The number of imidazole rings is 2. The molecule has 0 fully saturated rings. The van der Waals surface area contributed by atoms with E-state index >= 15 is 0 Å². The summed E-state index contributed by atoms with van der Waals surface area (Å²) in [5.74, 6) is 2.89. The van der Waals surface area contributed by atoms with E-state index in [1.54, 1.807) is 0 Å². The van der Waals surface area contributed by atoms with Gasteiger partial charge in [0.25, 0.3) is 0 Å². The Morgan fingerprint density at radius 1 is 0.588 bits per heavy atom. The first-order valence-electron chi connectivity index (χ1n) is 17.1. The Kier molecular flexibility index (Phi) is 7.73. The predicted octanol–water partition coefficient (Wildman–Crippen LogP) is 10.9. The largest absolute Gasteiger partial charge is 2.00 e. The number of hydrogen-bond acceptors (Lipinski definition) is 3. The zero-order valence-electron chi connectivity index (χ0n) is 29.4. The number of ether oxygens (including phenoxy) is 1. The summed E-state index contributed by atoms with van der Waals surface area (Å²) in [5, 5.41) is 2.24. The third kappa shape index (κ3) is 5.44. The number of nitrogens with zero attached hydrogens (tertiary/aromatic N) is 5. The molecule has 0 aliphatic heterocycles. The van der Waals surface area contributed by atoms with Crippen LogP contribution in [-0.2, 0) is 31.9 Å². The number of pyridine rings is 1. The smallest absolute Gasteiger partial charge is 0.509 e. The van der Waals surface area contributed by atoms with Gasteiger partial charge < -0.3 is 13.9 Å². The van der Waals surface area contributed by atoms with E-state index in [9.17, 15) is 0 Å². The predicted molar refractivity (Wildman–Crippen MR) is 203 cm³/mol. The van der Waals surface area contributed by atoms with Crippen molar-refractivity contribution in [3.8, 4) is 23.0 Å². The summed E-state index contributed by atoms with van der Waals surface area (Å²) in [4.78, 5) is 9.92. The molecule has 0 radical (unpaired) electrons. The van der Waals surface area contributed by atoms with Crippen molar-refractivity contribution >= 4 is 49.7 Å². The zero-order chi connectivity index (χ0) is 34.4. The van der Waals surface area contributed by atoms with E-state index in [0.29, 0.717) is 11.5 Å². The van der Waals surface area contributed by atoms with Gasteiger partial charge in [0, 0.05) is 23.2 Å². The van der Waals surface area contributed by atoms with Crippen molar-refractivity contribution in [3.05, 3.63) is 139 Å². The van der Waals surface area contributed by atoms with Crippen molar-refractivity contribution in [2.75, 3.05) is 0 Å². The molecule has 0 amide bonds. The molecule has 6 nitrogen and oxygen atoms in total. The van der Waals surface area contributed by atoms with Gasteiger partial charge in [-0.3, -0.25) is 4.40 Å². The van der Waals surface area contributed by atoms with Crippen LogP contribution in [0.4, 0.5) is 0 Å². The molecule has 4 aromatic heterocycles. The fourth-order valence-corrected chi connectivity index (χ4v) is 7.03. The summed E-state index contributed by atoms with van der Waals surface area (Å²) >= 11 is 0. The fourth-order valence-electron chi connectivity index (χ4n) is 7.03. The second-order valence-electron chi connectivity index (χ2n) is 15.1. The van der Waals surface area contributed by atoms with Crippen molar-refractivity contribution in [1.82, 2.24) is 23.5 Å². The maximum absolute atomic E-state index is 6.55. The Labute approximate surface area is 311 Å². The minimum Gasteiger partial charge on any atom is -0.509 e. The van der Waals surface area contributed by atoms with Crippen LogP contribution >= 0.6 is 0 Å². The maximum atomic E-state index is 6.55. The molecule has 0 bridgehead atoms. The Bertz CT molecular complexity index is 2770. The molecule has 0 aliphatic rings. The number of aromatic nitrogens is 5. The molecule has 51 heavy (non-hydrogen) atoms. The Morgan fingerprint density at radius 3 is 2.12 bits per heavy atom. The maximum Gasteiger partial charge on any atom is 2.00 e. The SMILES string of the molecule is CC(C)(C)c1ccnc(-n2c3[c-]c(Oc4[c-]c(-n5c6ccc(C(C)(C)C)cc6n6c7ccccc7nc56)ccc4)ccc3c3ccccc32)c1.[Pt+2]. The van der Waals surface area contributed by atoms with Gasteiger partial charge in [0.2, 0.25) is 5.78 Å². The molecular weight excluding hydrogens is 810 g/mol. The van der Waals surface area contributed by atoms with E-state index in [2.05, 4.69) is 152 Å².